The summed E-state index contributed by atoms with van der Waals surface area (Å²) in [6, 6.07) is 8.69. The van der Waals surface area contributed by atoms with E-state index in [9.17, 15) is 17.6 Å². The predicted molar refractivity (Wildman–Crippen MR) is 101 cm³/mol. The number of nitrogens with one attached hydrogen (secondary N) is 1. The molecule has 9 heteroatoms. The number of rotatable bonds is 7. The summed E-state index contributed by atoms with van der Waals surface area (Å²) in [6.45, 7) is 1.42. The molecule has 0 fully saturated rings. The molecule has 1 N–H and O–H groups in total. The number of carbonyl (C=O) groups is 1. The molecular weight excluding hydrogens is 375 g/mol. The van der Waals surface area contributed by atoms with Gasteiger partial charge in [-0.3, -0.25) is 9.10 Å². The van der Waals surface area contributed by atoms with Crippen molar-refractivity contribution in [2.45, 2.75) is 13.0 Å². The van der Waals surface area contributed by atoms with Crippen LogP contribution in [0, 0.1) is 5.82 Å². The highest BCUT2D eigenvalue weighted by atomic mass is 32.2. The summed E-state index contributed by atoms with van der Waals surface area (Å²) >= 11 is 0. The quantitative estimate of drug-likeness (QED) is 0.778. The maximum atomic E-state index is 13.5. The van der Waals surface area contributed by atoms with Crippen LogP contribution in [0.2, 0.25) is 0 Å². The minimum Gasteiger partial charge on any atom is -0.493 e. The van der Waals surface area contributed by atoms with E-state index in [0.29, 0.717) is 17.2 Å². The van der Waals surface area contributed by atoms with E-state index in [4.69, 9.17) is 9.47 Å². The molecule has 0 aliphatic carbocycles. The van der Waals surface area contributed by atoms with Gasteiger partial charge in [0.25, 0.3) is 0 Å². The molecular formula is C18H21FN2O5S. The van der Waals surface area contributed by atoms with Crippen molar-refractivity contribution in [2.75, 3.05) is 30.1 Å². The molecule has 0 heterocycles. The van der Waals surface area contributed by atoms with Crippen LogP contribution < -0.4 is 19.1 Å². The van der Waals surface area contributed by atoms with Crippen LogP contribution in [0.3, 0.4) is 0 Å². The molecule has 0 aliphatic rings. The number of amides is 1. The van der Waals surface area contributed by atoms with E-state index in [1.807, 2.05) is 0 Å². The first-order chi connectivity index (χ1) is 12.7. The smallest absolute Gasteiger partial charge is 0.247 e. The minimum absolute atomic E-state index is 0.0625. The molecule has 2 aromatic rings. The van der Waals surface area contributed by atoms with Crippen LogP contribution in [0.5, 0.6) is 11.5 Å². The van der Waals surface area contributed by atoms with Crippen LogP contribution in [0.1, 0.15) is 6.92 Å². The molecule has 2 aromatic carbocycles. The second-order valence-corrected chi connectivity index (χ2v) is 7.63. The third-order valence-corrected chi connectivity index (χ3v) is 5.04. The Morgan fingerprint density at radius 2 is 1.78 bits per heavy atom. The SMILES string of the molecule is COc1ccc(NC(=O)[C@@H](C)N(c2cccc(F)c2)S(C)(=O)=O)cc1OC. The Kier molecular flexibility index (Phi) is 6.27. The maximum absolute atomic E-state index is 13.5. The summed E-state index contributed by atoms with van der Waals surface area (Å²) in [4.78, 5) is 12.6. The molecule has 0 saturated heterocycles. The Labute approximate surface area is 157 Å². The van der Waals surface area contributed by atoms with Gasteiger partial charge in [-0.15, -0.1) is 0 Å². The average molecular weight is 396 g/mol. The lowest BCUT2D eigenvalue weighted by molar-refractivity contribution is -0.116. The number of hydrogen-bond acceptors (Lipinski definition) is 5. The van der Waals surface area contributed by atoms with E-state index < -0.39 is 27.8 Å². The molecule has 0 unspecified atom stereocenters. The van der Waals surface area contributed by atoms with Crippen molar-refractivity contribution >= 4 is 27.3 Å². The van der Waals surface area contributed by atoms with Crippen molar-refractivity contribution in [1.82, 2.24) is 0 Å². The van der Waals surface area contributed by atoms with Crippen LogP contribution >= 0.6 is 0 Å². The Balaban J connectivity index is 2.30. The van der Waals surface area contributed by atoms with Crippen molar-refractivity contribution in [3.05, 3.63) is 48.3 Å². The number of hydrogen-bond donors (Lipinski definition) is 1. The lowest BCUT2D eigenvalue weighted by atomic mass is 10.2. The van der Waals surface area contributed by atoms with Gasteiger partial charge < -0.3 is 14.8 Å². The van der Waals surface area contributed by atoms with E-state index in [2.05, 4.69) is 5.32 Å². The molecule has 0 bridgehead atoms. The molecule has 0 radical (unpaired) electrons. The molecule has 0 spiro atoms. The molecule has 0 aliphatic heterocycles. The van der Waals surface area contributed by atoms with Crippen molar-refractivity contribution in [3.8, 4) is 11.5 Å². The lowest BCUT2D eigenvalue weighted by Gasteiger charge is -2.28. The zero-order valence-electron chi connectivity index (χ0n) is 15.4. The largest absolute Gasteiger partial charge is 0.493 e. The normalized spacial score (nSPS) is 12.2. The van der Waals surface area contributed by atoms with Crippen LogP contribution in [0.15, 0.2) is 42.5 Å². The van der Waals surface area contributed by atoms with Gasteiger partial charge in [0, 0.05) is 11.8 Å². The summed E-state index contributed by atoms with van der Waals surface area (Å²) in [5, 5.41) is 2.63. The standard InChI is InChI=1S/C18H21FN2O5S/c1-12(21(27(4,23)24)15-7-5-6-13(19)10-15)18(22)20-14-8-9-16(25-2)17(11-14)26-3/h5-12H,1-4H3,(H,20,22)/t12-/m1/s1. The first kappa shape index (κ1) is 20.5. The van der Waals surface area contributed by atoms with Gasteiger partial charge in [-0.05, 0) is 37.3 Å². The number of halogens is 1. The number of anilines is 2. The molecule has 0 aromatic heterocycles. The molecule has 1 amide bonds. The molecule has 7 nitrogen and oxygen atoms in total. The Hall–Kier alpha value is -2.81. The van der Waals surface area contributed by atoms with Gasteiger partial charge in [0.2, 0.25) is 15.9 Å². The van der Waals surface area contributed by atoms with Crippen molar-refractivity contribution in [2.24, 2.45) is 0 Å². The third-order valence-electron chi connectivity index (χ3n) is 3.80. The first-order valence-electron chi connectivity index (χ1n) is 7.95. The monoisotopic (exact) mass is 396 g/mol. The van der Waals surface area contributed by atoms with E-state index in [1.54, 1.807) is 18.2 Å². The molecule has 27 heavy (non-hydrogen) atoms. The van der Waals surface area contributed by atoms with Gasteiger partial charge >= 0.3 is 0 Å². The van der Waals surface area contributed by atoms with E-state index in [-0.39, 0.29) is 5.69 Å². The highest BCUT2D eigenvalue weighted by Crippen LogP contribution is 2.30. The number of nitrogens with zero attached hydrogens (tertiary/aromatic N) is 1. The van der Waals surface area contributed by atoms with E-state index >= 15 is 0 Å². The zero-order valence-corrected chi connectivity index (χ0v) is 16.2. The van der Waals surface area contributed by atoms with E-state index in [1.165, 1.54) is 39.3 Å². The summed E-state index contributed by atoms with van der Waals surface area (Å²) < 4.78 is 49.1. The lowest BCUT2D eigenvalue weighted by Crippen LogP contribution is -2.45. The van der Waals surface area contributed by atoms with Gasteiger partial charge in [0.15, 0.2) is 11.5 Å². The fourth-order valence-electron chi connectivity index (χ4n) is 2.58. The van der Waals surface area contributed by atoms with Gasteiger partial charge in [-0.2, -0.15) is 0 Å². The Bertz CT molecular complexity index is 933. The van der Waals surface area contributed by atoms with Crippen LogP contribution in [-0.2, 0) is 14.8 Å². The number of sulfonamides is 1. The number of carbonyl (C=O) groups excluding carboxylic acids is 1. The second kappa shape index (κ2) is 8.26. The fourth-order valence-corrected chi connectivity index (χ4v) is 3.75. The summed E-state index contributed by atoms with van der Waals surface area (Å²) in [6.07, 6.45) is 0.956. The zero-order chi connectivity index (χ0) is 20.2. The van der Waals surface area contributed by atoms with E-state index in [0.717, 1.165) is 16.6 Å². The van der Waals surface area contributed by atoms with Gasteiger partial charge in [-0.25, -0.2) is 12.8 Å². The number of ether oxygens (including phenoxy) is 2. The first-order valence-corrected chi connectivity index (χ1v) is 9.80. The number of methoxy groups -OCH3 is 2. The summed E-state index contributed by atoms with van der Waals surface area (Å²) in [5.74, 6) is -0.292. The molecule has 1 atom stereocenters. The molecule has 146 valence electrons. The highest BCUT2D eigenvalue weighted by molar-refractivity contribution is 7.92. The maximum Gasteiger partial charge on any atom is 0.247 e. The van der Waals surface area contributed by atoms with Gasteiger partial charge in [0.1, 0.15) is 11.9 Å². The summed E-state index contributed by atoms with van der Waals surface area (Å²) in [7, 11) is -0.887. The fraction of sp³-hybridized carbons (Fsp3) is 0.278. The molecule has 2 rings (SSSR count). The van der Waals surface area contributed by atoms with Gasteiger partial charge in [0.05, 0.1) is 26.2 Å². The van der Waals surface area contributed by atoms with Gasteiger partial charge in [-0.1, -0.05) is 6.07 Å². The van der Waals surface area contributed by atoms with Crippen LogP contribution in [-0.4, -0.2) is 40.8 Å². The Morgan fingerprint density at radius 3 is 2.33 bits per heavy atom. The van der Waals surface area contributed by atoms with Crippen molar-refractivity contribution in [3.63, 3.8) is 0 Å². The van der Waals surface area contributed by atoms with Crippen molar-refractivity contribution in [1.29, 1.82) is 0 Å². The second-order valence-electron chi connectivity index (χ2n) is 5.77. The molecule has 0 saturated carbocycles. The highest BCUT2D eigenvalue weighted by Gasteiger charge is 2.29. The van der Waals surface area contributed by atoms with Crippen LogP contribution in [0.25, 0.3) is 0 Å². The average Bonchev–Trinajstić information content (AvgIpc) is 2.60. The topological polar surface area (TPSA) is 84.9 Å². The Morgan fingerprint density at radius 1 is 1.11 bits per heavy atom. The predicted octanol–water partition coefficient (Wildman–Crippen LogP) is 2.64. The minimum atomic E-state index is -3.83. The summed E-state index contributed by atoms with van der Waals surface area (Å²) in [5.41, 5.74) is 0.463. The third kappa shape index (κ3) is 4.88. The number of benzene rings is 2. The van der Waals surface area contributed by atoms with Crippen molar-refractivity contribution < 1.29 is 27.1 Å². The van der Waals surface area contributed by atoms with Crippen LogP contribution in [0.4, 0.5) is 15.8 Å².